The summed E-state index contributed by atoms with van der Waals surface area (Å²) in [5, 5.41) is 7.99. The van der Waals surface area contributed by atoms with Crippen LogP contribution in [0.25, 0.3) is 0 Å². The molecule has 3 heteroatoms. The van der Waals surface area contributed by atoms with Crippen molar-refractivity contribution >= 4 is 5.84 Å². The smallest absolute Gasteiger partial charge is 0.0995 e. The van der Waals surface area contributed by atoms with Gasteiger partial charge in [-0.15, -0.1) is 0 Å². The molecular weight excluding hydrogens is 258 g/mol. The van der Waals surface area contributed by atoms with Gasteiger partial charge in [-0.05, 0) is 24.3 Å². The number of hydrogen-bond donors (Lipinski definition) is 2. The van der Waals surface area contributed by atoms with Crippen LogP contribution in [0.4, 0.5) is 0 Å². The maximum Gasteiger partial charge on any atom is 0.0995 e. The highest BCUT2D eigenvalue weighted by molar-refractivity contribution is 5.84. The van der Waals surface area contributed by atoms with Crippen LogP contribution in [-0.2, 0) is 0 Å². The minimum absolute atomic E-state index is 0.0190. The fourth-order valence-electron chi connectivity index (χ4n) is 3.41. The Morgan fingerprint density at radius 1 is 1.19 bits per heavy atom. The zero-order valence-electron chi connectivity index (χ0n) is 13.4. The van der Waals surface area contributed by atoms with Gasteiger partial charge in [-0.2, -0.15) is 0 Å². The molecule has 0 heterocycles. The molecule has 1 aliphatic rings. The van der Waals surface area contributed by atoms with E-state index in [0.29, 0.717) is 12.0 Å². The molecule has 1 aromatic rings. The van der Waals surface area contributed by atoms with Crippen LogP contribution in [0, 0.1) is 11.3 Å². The number of nitrogens with zero attached hydrogens (tertiary/aromatic N) is 1. The van der Waals surface area contributed by atoms with Crippen molar-refractivity contribution in [3.05, 3.63) is 35.9 Å². The highest BCUT2D eigenvalue weighted by atomic mass is 15.2. The number of amidine groups is 1. The Kier molecular flexibility index (Phi) is 5.80. The molecule has 21 heavy (non-hydrogen) atoms. The number of nitrogens with two attached hydrogens (primary N) is 1. The van der Waals surface area contributed by atoms with E-state index in [2.05, 4.69) is 30.9 Å². The fourth-order valence-corrected chi connectivity index (χ4v) is 3.41. The molecule has 2 rings (SSSR count). The van der Waals surface area contributed by atoms with Gasteiger partial charge in [0.25, 0.3) is 0 Å². The monoisotopic (exact) mass is 287 g/mol. The lowest BCUT2D eigenvalue weighted by Crippen LogP contribution is -2.41. The summed E-state index contributed by atoms with van der Waals surface area (Å²) in [5.74, 6) is 0.951. The van der Waals surface area contributed by atoms with E-state index in [1.165, 1.54) is 25.7 Å². The third-order valence-corrected chi connectivity index (χ3v) is 4.44. The molecule has 0 radical (unpaired) electrons. The summed E-state index contributed by atoms with van der Waals surface area (Å²) in [6.45, 7) is 6.52. The lowest BCUT2D eigenvalue weighted by Gasteiger charge is -2.33. The topological polar surface area (TPSA) is 53.1 Å². The molecule has 1 aromatic carbocycles. The molecule has 0 amide bonds. The van der Waals surface area contributed by atoms with Gasteiger partial charge in [0.1, 0.15) is 0 Å². The number of rotatable bonds is 7. The molecule has 1 saturated carbocycles. The van der Waals surface area contributed by atoms with Crippen molar-refractivity contribution < 1.29 is 0 Å². The lowest BCUT2D eigenvalue weighted by atomic mass is 9.96. The highest BCUT2D eigenvalue weighted by Gasteiger charge is 2.27. The Morgan fingerprint density at radius 3 is 2.33 bits per heavy atom. The Bertz CT molecular complexity index is 435. The van der Waals surface area contributed by atoms with E-state index in [-0.39, 0.29) is 11.8 Å². The molecule has 3 nitrogen and oxygen atoms in total. The van der Waals surface area contributed by atoms with Crippen LogP contribution in [0.15, 0.2) is 30.3 Å². The van der Waals surface area contributed by atoms with E-state index in [0.717, 1.165) is 18.7 Å². The number of hydrogen-bond acceptors (Lipinski definition) is 2. The van der Waals surface area contributed by atoms with Gasteiger partial charge in [0, 0.05) is 19.1 Å². The average molecular weight is 287 g/mol. The summed E-state index contributed by atoms with van der Waals surface area (Å²) in [4.78, 5) is 2.58. The van der Waals surface area contributed by atoms with Crippen molar-refractivity contribution in [3.8, 4) is 0 Å². The normalized spacial score (nSPS) is 17.5. The third kappa shape index (κ3) is 4.57. The summed E-state index contributed by atoms with van der Waals surface area (Å²) >= 11 is 0. The van der Waals surface area contributed by atoms with Crippen LogP contribution in [0.2, 0.25) is 0 Å². The van der Waals surface area contributed by atoms with Crippen molar-refractivity contribution in [1.82, 2.24) is 4.90 Å². The first-order chi connectivity index (χ1) is 10.1. The summed E-state index contributed by atoms with van der Waals surface area (Å²) in [5.41, 5.74) is 7.07. The Balaban J connectivity index is 2.13. The molecule has 0 aliphatic heterocycles. The van der Waals surface area contributed by atoms with Gasteiger partial charge in [0.05, 0.1) is 11.8 Å². The van der Waals surface area contributed by atoms with Gasteiger partial charge < -0.3 is 5.73 Å². The Hall–Kier alpha value is -1.35. The van der Waals surface area contributed by atoms with Gasteiger partial charge in [0.15, 0.2) is 0 Å². The quantitative estimate of drug-likeness (QED) is 0.594. The maximum absolute atomic E-state index is 7.99. The molecule has 3 N–H and O–H groups in total. The van der Waals surface area contributed by atoms with Crippen molar-refractivity contribution in [2.75, 3.05) is 13.1 Å². The van der Waals surface area contributed by atoms with E-state index in [9.17, 15) is 0 Å². The van der Waals surface area contributed by atoms with Gasteiger partial charge in [-0.3, -0.25) is 10.3 Å². The van der Waals surface area contributed by atoms with E-state index in [1.807, 2.05) is 18.2 Å². The van der Waals surface area contributed by atoms with E-state index < -0.39 is 0 Å². The molecule has 1 atom stereocenters. The molecule has 0 spiro atoms. The van der Waals surface area contributed by atoms with Crippen LogP contribution >= 0.6 is 0 Å². The van der Waals surface area contributed by atoms with Crippen molar-refractivity contribution in [1.29, 1.82) is 5.41 Å². The molecule has 0 bridgehead atoms. The molecule has 1 fully saturated rings. The maximum atomic E-state index is 7.99. The van der Waals surface area contributed by atoms with Crippen LogP contribution in [0.3, 0.4) is 0 Å². The van der Waals surface area contributed by atoms with Crippen molar-refractivity contribution in [3.63, 3.8) is 0 Å². The first kappa shape index (κ1) is 16.0. The summed E-state index contributed by atoms with van der Waals surface area (Å²) in [7, 11) is 0. The second-order valence-corrected chi connectivity index (χ2v) is 6.70. The molecule has 0 aromatic heterocycles. The second kappa shape index (κ2) is 7.60. The lowest BCUT2D eigenvalue weighted by molar-refractivity contribution is 0.175. The minimum Gasteiger partial charge on any atom is -0.387 e. The van der Waals surface area contributed by atoms with Gasteiger partial charge in [-0.25, -0.2) is 0 Å². The first-order valence-corrected chi connectivity index (χ1v) is 8.21. The zero-order chi connectivity index (χ0) is 15.2. The predicted octanol–water partition coefficient (Wildman–Crippen LogP) is 3.61. The summed E-state index contributed by atoms with van der Waals surface area (Å²) in [6.07, 6.45) is 5.28. The highest BCUT2D eigenvalue weighted by Crippen LogP contribution is 2.27. The number of benzene rings is 1. The first-order valence-electron chi connectivity index (χ1n) is 8.21. The van der Waals surface area contributed by atoms with Gasteiger partial charge in [-0.1, -0.05) is 57.0 Å². The van der Waals surface area contributed by atoms with Crippen molar-refractivity contribution in [2.45, 2.75) is 51.5 Å². The molecule has 1 aliphatic carbocycles. The third-order valence-electron chi connectivity index (χ3n) is 4.44. The molecule has 1 unspecified atom stereocenters. The zero-order valence-corrected chi connectivity index (χ0v) is 13.4. The number of nitrogens with one attached hydrogen (secondary N) is 1. The van der Waals surface area contributed by atoms with E-state index in [4.69, 9.17) is 11.1 Å². The second-order valence-electron chi connectivity index (χ2n) is 6.70. The predicted molar refractivity (Wildman–Crippen MR) is 89.8 cm³/mol. The minimum atomic E-state index is 0.0190. The molecule has 0 saturated heterocycles. The average Bonchev–Trinajstić information content (AvgIpc) is 2.97. The Morgan fingerprint density at radius 2 is 1.81 bits per heavy atom. The van der Waals surface area contributed by atoms with Gasteiger partial charge in [0.2, 0.25) is 0 Å². The summed E-state index contributed by atoms with van der Waals surface area (Å²) in [6, 6.07) is 10.9. The van der Waals surface area contributed by atoms with Crippen LogP contribution in [0.1, 0.15) is 51.0 Å². The Labute approximate surface area is 129 Å². The van der Waals surface area contributed by atoms with Crippen molar-refractivity contribution in [2.24, 2.45) is 11.7 Å². The fraction of sp³-hybridized carbons (Fsp3) is 0.611. The standard InChI is InChI=1S/C18H29N3/c1-14(2)12-21(16-10-6-7-11-16)13-17(18(19)20)15-8-4-3-5-9-15/h3-5,8-9,14,16-17H,6-7,10-13H2,1-2H3,(H3,19,20). The largest absolute Gasteiger partial charge is 0.387 e. The van der Waals surface area contributed by atoms with Crippen LogP contribution in [-0.4, -0.2) is 29.9 Å². The van der Waals surface area contributed by atoms with Crippen LogP contribution in [0.5, 0.6) is 0 Å². The molecule has 116 valence electrons. The van der Waals surface area contributed by atoms with E-state index >= 15 is 0 Å². The van der Waals surface area contributed by atoms with Crippen LogP contribution < -0.4 is 5.73 Å². The van der Waals surface area contributed by atoms with Gasteiger partial charge >= 0.3 is 0 Å². The van der Waals surface area contributed by atoms with E-state index in [1.54, 1.807) is 0 Å². The molecular formula is C18H29N3. The SMILES string of the molecule is CC(C)CN(CC(C(=N)N)c1ccccc1)C1CCCC1. The summed E-state index contributed by atoms with van der Waals surface area (Å²) < 4.78 is 0.